The van der Waals surface area contributed by atoms with Crippen molar-refractivity contribution < 1.29 is 23.9 Å². The summed E-state index contributed by atoms with van der Waals surface area (Å²) in [7, 11) is 1.56. The smallest absolute Gasteiger partial charge is 0.354 e. The van der Waals surface area contributed by atoms with Gasteiger partial charge >= 0.3 is 5.97 Å². The lowest BCUT2D eigenvalue weighted by atomic mass is 10.3. The summed E-state index contributed by atoms with van der Waals surface area (Å²) in [6.45, 7) is 0.559. The molecule has 2 aromatic rings. The monoisotopic (exact) mass is 264 g/mol. The summed E-state index contributed by atoms with van der Waals surface area (Å²) in [6.07, 6.45) is 1.35. The number of hydrogen-bond acceptors (Lipinski definition) is 6. The zero-order valence-corrected chi connectivity index (χ0v) is 10.2. The summed E-state index contributed by atoms with van der Waals surface area (Å²) in [4.78, 5) is 14.4. The molecule has 0 atom stereocenters. The molecule has 2 aromatic heterocycles. The first-order chi connectivity index (χ1) is 9.19. The maximum absolute atomic E-state index is 10.6. The van der Waals surface area contributed by atoms with Crippen LogP contribution in [0.5, 0.6) is 5.75 Å². The molecule has 0 aromatic carbocycles. The Morgan fingerprint density at radius 3 is 2.89 bits per heavy atom. The van der Waals surface area contributed by atoms with Gasteiger partial charge in [-0.1, -0.05) is 5.16 Å². The topological polar surface area (TPSA) is 94.7 Å². The molecule has 0 unspecified atom stereocenters. The van der Waals surface area contributed by atoms with E-state index in [-0.39, 0.29) is 12.3 Å². The van der Waals surface area contributed by atoms with Gasteiger partial charge in [-0.05, 0) is 12.1 Å². The van der Waals surface area contributed by atoms with E-state index in [0.717, 1.165) is 0 Å². The van der Waals surface area contributed by atoms with Crippen molar-refractivity contribution in [1.29, 1.82) is 0 Å². The fourth-order valence-corrected chi connectivity index (χ4v) is 1.38. The highest BCUT2D eigenvalue weighted by molar-refractivity contribution is 5.85. The number of carboxylic acids is 1. The van der Waals surface area contributed by atoms with E-state index in [2.05, 4.69) is 10.1 Å². The first kappa shape index (κ1) is 13.0. The molecule has 0 saturated carbocycles. The van der Waals surface area contributed by atoms with E-state index in [4.69, 9.17) is 19.1 Å². The number of pyridine rings is 1. The van der Waals surface area contributed by atoms with Crippen LogP contribution in [-0.2, 0) is 18.0 Å². The Morgan fingerprint density at radius 2 is 2.26 bits per heavy atom. The summed E-state index contributed by atoms with van der Waals surface area (Å²) in [6, 6.07) is 4.63. The molecule has 2 rings (SSSR count). The lowest BCUT2D eigenvalue weighted by Gasteiger charge is -2.02. The Kier molecular flexibility index (Phi) is 4.09. The third-order valence-electron chi connectivity index (χ3n) is 2.24. The second-order valence-corrected chi connectivity index (χ2v) is 3.69. The molecule has 0 aliphatic carbocycles. The van der Waals surface area contributed by atoms with Crippen LogP contribution in [0.1, 0.15) is 21.9 Å². The molecule has 0 radical (unpaired) electrons. The predicted molar refractivity (Wildman–Crippen MR) is 62.7 cm³/mol. The van der Waals surface area contributed by atoms with Gasteiger partial charge < -0.3 is 19.1 Å². The summed E-state index contributed by atoms with van der Waals surface area (Å²) >= 11 is 0. The van der Waals surface area contributed by atoms with Crippen LogP contribution in [0.2, 0.25) is 0 Å². The number of carboxylic acid groups (broad SMARTS) is 1. The third kappa shape index (κ3) is 3.52. The molecule has 0 aliphatic rings. The van der Waals surface area contributed by atoms with Crippen molar-refractivity contribution in [1.82, 2.24) is 10.1 Å². The highest BCUT2D eigenvalue weighted by atomic mass is 16.5. The van der Waals surface area contributed by atoms with Crippen LogP contribution in [0.3, 0.4) is 0 Å². The first-order valence-corrected chi connectivity index (χ1v) is 5.44. The van der Waals surface area contributed by atoms with Crippen molar-refractivity contribution in [3.8, 4) is 5.75 Å². The Balaban J connectivity index is 1.92. The minimum absolute atomic E-state index is 0.0313. The van der Waals surface area contributed by atoms with Crippen LogP contribution in [-0.4, -0.2) is 28.3 Å². The number of aromatic nitrogens is 2. The van der Waals surface area contributed by atoms with Crippen molar-refractivity contribution in [2.24, 2.45) is 0 Å². The van der Waals surface area contributed by atoms with Crippen molar-refractivity contribution in [2.45, 2.75) is 13.2 Å². The summed E-state index contributed by atoms with van der Waals surface area (Å²) in [5.74, 6) is -0.00556. The van der Waals surface area contributed by atoms with E-state index in [1.54, 1.807) is 13.2 Å². The molecule has 0 fully saturated rings. The Hall–Kier alpha value is -2.41. The Labute approximate surface area is 108 Å². The third-order valence-corrected chi connectivity index (χ3v) is 2.24. The maximum Gasteiger partial charge on any atom is 0.354 e. The number of ether oxygens (including phenoxy) is 2. The van der Waals surface area contributed by atoms with E-state index >= 15 is 0 Å². The number of nitrogens with zero attached hydrogens (tertiary/aromatic N) is 2. The molecule has 2 heterocycles. The molecule has 0 spiro atoms. The Morgan fingerprint density at radius 1 is 1.42 bits per heavy atom. The second kappa shape index (κ2) is 5.96. The van der Waals surface area contributed by atoms with E-state index in [1.165, 1.54) is 18.3 Å². The van der Waals surface area contributed by atoms with Crippen LogP contribution in [0.25, 0.3) is 0 Å². The molecular weight excluding hydrogens is 252 g/mol. The van der Waals surface area contributed by atoms with Gasteiger partial charge in [0.1, 0.15) is 30.4 Å². The molecular formula is C12H12N2O5. The number of rotatable bonds is 6. The minimum atomic E-state index is -1.08. The lowest BCUT2D eigenvalue weighted by molar-refractivity contribution is 0.0690. The summed E-state index contributed by atoms with van der Waals surface area (Å²) in [5.41, 5.74) is 0.588. The average molecular weight is 264 g/mol. The van der Waals surface area contributed by atoms with E-state index in [9.17, 15) is 4.79 Å². The fraction of sp³-hybridized carbons (Fsp3) is 0.250. The summed E-state index contributed by atoms with van der Waals surface area (Å²) in [5, 5.41) is 12.5. The molecule has 0 amide bonds. The number of carbonyl (C=O) groups is 1. The fourth-order valence-electron chi connectivity index (χ4n) is 1.38. The highest BCUT2D eigenvalue weighted by Gasteiger charge is 2.06. The number of hydrogen-bond donors (Lipinski definition) is 1. The molecule has 19 heavy (non-hydrogen) atoms. The van der Waals surface area contributed by atoms with Crippen LogP contribution in [0, 0.1) is 0 Å². The van der Waals surface area contributed by atoms with Gasteiger partial charge in [0.25, 0.3) is 0 Å². The maximum atomic E-state index is 10.6. The second-order valence-electron chi connectivity index (χ2n) is 3.69. The molecule has 0 aliphatic heterocycles. The van der Waals surface area contributed by atoms with Crippen LogP contribution < -0.4 is 4.74 Å². The largest absolute Gasteiger partial charge is 0.486 e. The van der Waals surface area contributed by atoms with Crippen molar-refractivity contribution in [3.63, 3.8) is 0 Å². The zero-order valence-electron chi connectivity index (χ0n) is 10.2. The lowest BCUT2D eigenvalue weighted by Crippen LogP contribution is -2.01. The van der Waals surface area contributed by atoms with Gasteiger partial charge in [0.15, 0.2) is 5.76 Å². The molecule has 0 saturated heterocycles. The number of methoxy groups -OCH3 is 1. The normalized spacial score (nSPS) is 10.4. The van der Waals surface area contributed by atoms with Crippen molar-refractivity contribution in [2.75, 3.05) is 7.11 Å². The van der Waals surface area contributed by atoms with E-state index in [0.29, 0.717) is 23.8 Å². The van der Waals surface area contributed by atoms with Crippen molar-refractivity contribution in [3.05, 3.63) is 41.5 Å². The minimum Gasteiger partial charge on any atom is -0.486 e. The zero-order chi connectivity index (χ0) is 13.7. The molecule has 0 bridgehead atoms. The van der Waals surface area contributed by atoms with Gasteiger partial charge in [-0.15, -0.1) is 0 Å². The van der Waals surface area contributed by atoms with Gasteiger partial charge in [-0.3, -0.25) is 0 Å². The van der Waals surface area contributed by atoms with Crippen LogP contribution >= 0.6 is 0 Å². The number of aromatic carboxylic acids is 1. The van der Waals surface area contributed by atoms with Gasteiger partial charge in [0, 0.05) is 13.2 Å². The average Bonchev–Trinajstić information content (AvgIpc) is 2.85. The van der Waals surface area contributed by atoms with Crippen molar-refractivity contribution >= 4 is 5.97 Å². The van der Waals surface area contributed by atoms with E-state index in [1.807, 2.05) is 0 Å². The van der Waals surface area contributed by atoms with Gasteiger partial charge in [-0.2, -0.15) is 0 Å². The Bertz CT molecular complexity index is 550. The quantitative estimate of drug-likeness (QED) is 0.844. The molecule has 1 N–H and O–H groups in total. The molecule has 7 nitrogen and oxygen atoms in total. The van der Waals surface area contributed by atoms with E-state index < -0.39 is 5.97 Å². The standard InChI is InChI=1S/C12H12N2O5/c1-17-7-10-4-8(14-19-10)6-18-9-2-3-11(12(15)16)13-5-9/h2-5H,6-7H2,1H3,(H,15,16). The SMILES string of the molecule is COCc1cc(COc2ccc(C(=O)O)nc2)no1. The molecule has 100 valence electrons. The first-order valence-electron chi connectivity index (χ1n) is 5.44. The predicted octanol–water partition coefficient (Wildman–Crippen LogP) is 1.49. The van der Waals surface area contributed by atoms with Gasteiger partial charge in [0.2, 0.25) is 0 Å². The van der Waals surface area contributed by atoms with Gasteiger partial charge in [0.05, 0.1) is 6.20 Å². The highest BCUT2D eigenvalue weighted by Crippen LogP contribution is 2.12. The van der Waals surface area contributed by atoms with Gasteiger partial charge in [-0.25, -0.2) is 9.78 Å². The molecule has 7 heteroatoms. The van der Waals surface area contributed by atoms with Crippen LogP contribution in [0.15, 0.2) is 28.9 Å². The van der Waals surface area contributed by atoms with Crippen LogP contribution in [0.4, 0.5) is 0 Å². The summed E-state index contributed by atoms with van der Waals surface area (Å²) < 4.78 is 15.3.